The van der Waals surface area contributed by atoms with Crippen molar-refractivity contribution < 1.29 is 22.7 Å². The van der Waals surface area contributed by atoms with Gasteiger partial charge in [0.25, 0.3) is 5.91 Å². The van der Waals surface area contributed by atoms with Gasteiger partial charge in [0, 0.05) is 29.1 Å². The number of thiophene rings is 1. The van der Waals surface area contributed by atoms with Crippen LogP contribution in [0.2, 0.25) is 0 Å². The second kappa shape index (κ2) is 7.60. The summed E-state index contributed by atoms with van der Waals surface area (Å²) in [5.74, 6) is 0.324. The average Bonchev–Trinajstić information content (AvgIpc) is 3.14. The minimum Gasteiger partial charge on any atom is -0.497 e. The number of amides is 1. The normalized spacial score (nSPS) is 11.8. The van der Waals surface area contributed by atoms with Crippen LogP contribution in [-0.4, -0.2) is 24.5 Å². The number of nitrogens with zero attached hydrogens (tertiary/aromatic N) is 2. The fourth-order valence-corrected chi connectivity index (χ4v) is 4.24. The van der Waals surface area contributed by atoms with Crippen LogP contribution < -0.4 is 9.64 Å². The van der Waals surface area contributed by atoms with Crippen LogP contribution in [0.4, 0.5) is 18.9 Å². The van der Waals surface area contributed by atoms with Gasteiger partial charge in [0.05, 0.1) is 23.1 Å². The third kappa shape index (κ3) is 3.70. The predicted octanol–water partition coefficient (Wildman–Crippen LogP) is 6.14. The summed E-state index contributed by atoms with van der Waals surface area (Å²) >= 11 is 1.22. The zero-order valence-corrected chi connectivity index (χ0v) is 17.0. The maximum absolute atomic E-state index is 13.1. The number of anilines is 1. The molecule has 0 fully saturated rings. The lowest BCUT2D eigenvalue weighted by Gasteiger charge is -2.21. The van der Waals surface area contributed by atoms with Crippen LogP contribution in [0.1, 0.15) is 22.2 Å². The lowest BCUT2D eigenvalue weighted by atomic mass is 10.1. The SMILES string of the molecule is CCN(C(=O)c1cc2cc3ccc(OC)cc3nc2s1)c1cccc(C(F)(F)F)c1. The first kappa shape index (κ1) is 20.2. The van der Waals surface area contributed by atoms with E-state index in [1.165, 1.54) is 28.4 Å². The van der Waals surface area contributed by atoms with Crippen LogP contribution in [0.3, 0.4) is 0 Å². The number of hydrogen-bond donors (Lipinski definition) is 0. The Morgan fingerprint density at radius 3 is 2.60 bits per heavy atom. The van der Waals surface area contributed by atoms with Crippen LogP contribution in [0.25, 0.3) is 21.1 Å². The fourth-order valence-electron chi connectivity index (χ4n) is 3.26. The Morgan fingerprint density at radius 1 is 1.10 bits per heavy atom. The first-order valence-electron chi connectivity index (χ1n) is 9.17. The topological polar surface area (TPSA) is 42.4 Å². The van der Waals surface area contributed by atoms with E-state index in [4.69, 9.17) is 4.74 Å². The maximum Gasteiger partial charge on any atom is 0.416 e. The first-order valence-corrected chi connectivity index (χ1v) is 9.99. The Kier molecular flexibility index (Phi) is 5.11. The van der Waals surface area contributed by atoms with Crippen molar-refractivity contribution in [1.82, 2.24) is 4.98 Å². The molecule has 154 valence electrons. The van der Waals surface area contributed by atoms with Crippen LogP contribution in [0.15, 0.2) is 54.6 Å². The molecule has 30 heavy (non-hydrogen) atoms. The molecule has 0 atom stereocenters. The van der Waals surface area contributed by atoms with E-state index in [0.29, 0.717) is 15.5 Å². The highest BCUT2D eigenvalue weighted by atomic mass is 32.1. The van der Waals surface area contributed by atoms with Gasteiger partial charge in [-0.05, 0) is 49.4 Å². The van der Waals surface area contributed by atoms with Crippen molar-refractivity contribution in [3.05, 3.63) is 65.0 Å². The standard InChI is InChI=1S/C22H17F3N2O2S/c1-3-27(16-6-4-5-15(11-16)22(23,24)25)21(28)19-10-14-9-13-7-8-17(29-2)12-18(13)26-20(14)30-19/h4-12H,3H2,1-2H3. The largest absolute Gasteiger partial charge is 0.497 e. The van der Waals surface area contributed by atoms with Gasteiger partial charge in [-0.1, -0.05) is 6.07 Å². The molecule has 0 N–H and O–H groups in total. The van der Waals surface area contributed by atoms with E-state index >= 15 is 0 Å². The smallest absolute Gasteiger partial charge is 0.416 e. The molecule has 0 spiro atoms. The molecule has 8 heteroatoms. The zero-order valence-electron chi connectivity index (χ0n) is 16.2. The summed E-state index contributed by atoms with van der Waals surface area (Å²) in [6.45, 7) is 1.96. The van der Waals surface area contributed by atoms with Crippen molar-refractivity contribution in [1.29, 1.82) is 0 Å². The molecule has 2 heterocycles. The van der Waals surface area contributed by atoms with Gasteiger partial charge in [0.2, 0.25) is 0 Å². The third-order valence-corrected chi connectivity index (χ3v) is 5.80. The van der Waals surface area contributed by atoms with Gasteiger partial charge in [-0.2, -0.15) is 13.2 Å². The Morgan fingerprint density at radius 2 is 1.90 bits per heavy atom. The molecule has 0 saturated heterocycles. The quantitative estimate of drug-likeness (QED) is 0.390. The fraction of sp³-hybridized carbons (Fsp3) is 0.182. The van der Waals surface area contributed by atoms with E-state index in [-0.39, 0.29) is 18.1 Å². The third-order valence-electron chi connectivity index (χ3n) is 4.77. The molecule has 0 aliphatic rings. The van der Waals surface area contributed by atoms with E-state index in [0.717, 1.165) is 28.4 Å². The summed E-state index contributed by atoms with van der Waals surface area (Å²) in [5, 5.41) is 1.71. The first-order chi connectivity index (χ1) is 14.3. The summed E-state index contributed by atoms with van der Waals surface area (Å²) in [6, 6.07) is 14.0. The number of benzene rings is 2. The number of rotatable bonds is 4. The molecule has 4 rings (SSSR count). The number of alkyl halides is 3. The van der Waals surface area contributed by atoms with Gasteiger partial charge in [-0.15, -0.1) is 11.3 Å². The number of aromatic nitrogens is 1. The zero-order chi connectivity index (χ0) is 21.5. The monoisotopic (exact) mass is 430 g/mol. The lowest BCUT2D eigenvalue weighted by molar-refractivity contribution is -0.137. The van der Waals surface area contributed by atoms with E-state index in [2.05, 4.69) is 4.98 Å². The number of carbonyl (C=O) groups is 1. The molecule has 0 unspecified atom stereocenters. The average molecular weight is 430 g/mol. The predicted molar refractivity (Wildman–Crippen MR) is 112 cm³/mol. The molecule has 1 amide bonds. The van der Waals surface area contributed by atoms with Crippen LogP contribution in [-0.2, 0) is 6.18 Å². The lowest BCUT2D eigenvalue weighted by Crippen LogP contribution is -2.30. The van der Waals surface area contributed by atoms with E-state index in [1.54, 1.807) is 20.1 Å². The molecular formula is C22H17F3N2O2S. The number of fused-ring (bicyclic) bond motifs is 2. The highest BCUT2D eigenvalue weighted by Gasteiger charge is 2.31. The molecule has 0 aliphatic carbocycles. The van der Waals surface area contributed by atoms with Crippen molar-refractivity contribution >= 4 is 44.1 Å². The summed E-state index contributed by atoms with van der Waals surface area (Å²) in [5.41, 5.74) is 0.162. The van der Waals surface area contributed by atoms with Gasteiger partial charge >= 0.3 is 6.18 Å². The molecule has 2 aromatic carbocycles. The van der Waals surface area contributed by atoms with Gasteiger partial charge in [0.1, 0.15) is 10.6 Å². The molecule has 2 aromatic heterocycles. The Hall–Kier alpha value is -3.13. The number of halogens is 3. The second-order valence-electron chi connectivity index (χ2n) is 6.65. The Labute approximate surface area is 174 Å². The molecule has 0 radical (unpaired) electrons. The summed E-state index contributed by atoms with van der Waals surface area (Å²) < 4.78 is 44.4. The minimum atomic E-state index is -4.47. The van der Waals surface area contributed by atoms with E-state index in [9.17, 15) is 18.0 Å². The molecule has 0 bridgehead atoms. The van der Waals surface area contributed by atoms with E-state index < -0.39 is 11.7 Å². The second-order valence-corrected chi connectivity index (χ2v) is 7.68. The highest BCUT2D eigenvalue weighted by Crippen LogP contribution is 2.33. The number of pyridine rings is 1. The van der Waals surface area contributed by atoms with Gasteiger partial charge in [-0.25, -0.2) is 4.98 Å². The van der Waals surface area contributed by atoms with Crippen molar-refractivity contribution in [2.45, 2.75) is 13.1 Å². The van der Waals surface area contributed by atoms with Crippen LogP contribution in [0.5, 0.6) is 5.75 Å². The summed E-state index contributed by atoms with van der Waals surface area (Å²) in [4.78, 5) is 20.2. The molecule has 4 nitrogen and oxygen atoms in total. The Balaban J connectivity index is 1.73. The van der Waals surface area contributed by atoms with Crippen molar-refractivity contribution in [2.75, 3.05) is 18.6 Å². The number of methoxy groups -OCH3 is 1. The van der Waals surface area contributed by atoms with Gasteiger partial charge < -0.3 is 9.64 Å². The van der Waals surface area contributed by atoms with Crippen molar-refractivity contribution in [3.8, 4) is 5.75 Å². The van der Waals surface area contributed by atoms with Crippen LogP contribution in [0, 0.1) is 0 Å². The van der Waals surface area contributed by atoms with Crippen LogP contribution >= 0.6 is 11.3 Å². The Bertz CT molecular complexity index is 1250. The van der Waals surface area contributed by atoms with Crippen molar-refractivity contribution in [3.63, 3.8) is 0 Å². The minimum absolute atomic E-state index is 0.206. The van der Waals surface area contributed by atoms with Crippen molar-refractivity contribution in [2.24, 2.45) is 0 Å². The summed E-state index contributed by atoms with van der Waals surface area (Å²) in [7, 11) is 1.58. The molecule has 0 aliphatic heterocycles. The van der Waals surface area contributed by atoms with Gasteiger partial charge in [0.15, 0.2) is 0 Å². The number of hydrogen-bond acceptors (Lipinski definition) is 4. The van der Waals surface area contributed by atoms with E-state index in [1.807, 2.05) is 24.3 Å². The molecular weight excluding hydrogens is 413 g/mol. The maximum atomic E-state index is 13.1. The highest BCUT2D eigenvalue weighted by molar-refractivity contribution is 7.20. The van der Waals surface area contributed by atoms with Gasteiger partial charge in [-0.3, -0.25) is 4.79 Å². The number of carbonyl (C=O) groups excluding carboxylic acids is 1. The molecule has 0 saturated carbocycles. The molecule has 4 aromatic rings. The summed E-state index contributed by atoms with van der Waals surface area (Å²) in [6.07, 6.45) is -4.47. The number of ether oxygens (including phenoxy) is 1.